The average molecular weight is 231 g/mol. The van der Waals surface area contributed by atoms with Crippen LogP contribution in [-0.2, 0) is 0 Å². The van der Waals surface area contributed by atoms with Gasteiger partial charge in [0.2, 0.25) is 0 Å². The number of benzene rings is 1. The molecule has 0 aliphatic rings. The molecular formula is C13H17N3O. The Hall–Kier alpha value is -1.84. The molecule has 4 heteroatoms. The van der Waals surface area contributed by atoms with Crippen LogP contribution in [0.2, 0.25) is 0 Å². The summed E-state index contributed by atoms with van der Waals surface area (Å²) in [6.07, 6.45) is 1.97. The molecule has 2 aromatic rings. The van der Waals surface area contributed by atoms with Crippen molar-refractivity contribution in [3.8, 4) is 5.69 Å². The molecule has 1 N–H and O–H groups in total. The highest BCUT2D eigenvalue weighted by Gasteiger charge is 2.13. The smallest absolute Gasteiger partial charge is 0.292 e. The van der Waals surface area contributed by atoms with Gasteiger partial charge in [0.15, 0.2) is 0 Å². The molecule has 0 saturated heterocycles. The van der Waals surface area contributed by atoms with Crippen LogP contribution >= 0.6 is 0 Å². The molecule has 0 aliphatic carbocycles. The van der Waals surface area contributed by atoms with E-state index < -0.39 is 0 Å². The zero-order chi connectivity index (χ0) is 12.3. The Bertz CT molecular complexity index is 523. The highest BCUT2D eigenvalue weighted by Crippen LogP contribution is 2.18. The molecule has 0 atom stereocenters. The van der Waals surface area contributed by atoms with Crippen LogP contribution in [0.15, 0.2) is 35.1 Å². The van der Waals surface area contributed by atoms with Crippen molar-refractivity contribution in [1.29, 1.82) is 0 Å². The van der Waals surface area contributed by atoms with E-state index in [1.54, 1.807) is 0 Å². The summed E-state index contributed by atoms with van der Waals surface area (Å²) in [4.78, 5) is 14.7. The third-order valence-electron chi connectivity index (χ3n) is 3.01. The van der Waals surface area contributed by atoms with Crippen molar-refractivity contribution in [2.24, 2.45) is 0 Å². The normalized spacial score (nSPS) is 11.0. The second-order valence-corrected chi connectivity index (χ2v) is 4.08. The Morgan fingerprint density at radius 1 is 1.24 bits per heavy atom. The Labute approximate surface area is 100 Å². The molecule has 1 aromatic heterocycles. The van der Waals surface area contributed by atoms with Crippen LogP contribution in [-0.4, -0.2) is 14.8 Å². The predicted octanol–water partition coefficient (Wildman–Crippen LogP) is 2.46. The molecule has 0 amide bonds. The van der Waals surface area contributed by atoms with E-state index in [0.29, 0.717) is 5.92 Å². The lowest BCUT2D eigenvalue weighted by molar-refractivity contribution is 0.599. The van der Waals surface area contributed by atoms with Crippen molar-refractivity contribution in [1.82, 2.24) is 14.8 Å². The summed E-state index contributed by atoms with van der Waals surface area (Å²) in [5, 5.41) is 4.37. The van der Waals surface area contributed by atoms with Crippen LogP contribution in [0.4, 0.5) is 0 Å². The first kappa shape index (κ1) is 11.6. The topological polar surface area (TPSA) is 50.7 Å². The molecule has 2 rings (SSSR count). The monoisotopic (exact) mass is 231 g/mol. The number of hydrogen-bond donors (Lipinski definition) is 1. The first-order chi connectivity index (χ1) is 8.26. The molecule has 0 spiro atoms. The Kier molecular flexibility index (Phi) is 3.42. The largest absolute Gasteiger partial charge is 0.348 e. The number of para-hydroxylation sites is 1. The average Bonchev–Trinajstić information content (AvgIpc) is 2.74. The fraction of sp³-hybridized carbons (Fsp3) is 0.385. The summed E-state index contributed by atoms with van der Waals surface area (Å²) in [6, 6.07) is 9.46. The molecular weight excluding hydrogens is 214 g/mol. The first-order valence-electron chi connectivity index (χ1n) is 6.01. The van der Waals surface area contributed by atoms with E-state index in [0.717, 1.165) is 24.4 Å². The second-order valence-electron chi connectivity index (χ2n) is 4.08. The molecule has 1 aromatic carbocycles. The van der Waals surface area contributed by atoms with Gasteiger partial charge in [0, 0.05) is 5.92 Å². The quantitative estimate of drug-likeness (QED) is 0.878. The van der Waals surface area contributed by atoms with Crippen LogP contribution in [0.3, 0.4) is 0 Å². The number of H-pyrrole nitrogens is 1. The summed E-state index contributed by atoms with van der Waals surface area (Å²) in [5.41, 5.74) is 0.629. The number of nitrogens with zero attached hydrogens (tertiary/aromatic N) is 2. The fourth-order valence-corrected chi connectivity index (χ4v) is 1.94. The minimum Gasteiger partial charge on any atom is -0.292 e. The van der Waals surface area contributed by atoms with Crippen molar-refractivity contribution in [2.75, 3.05) is 0 Å². The zero-order valence-corrected chi connectivity index (χ0v) is 10.2. The van der Waals surface area contributed by atoms with Gasteiger partial charge in [-0.1, -0.05) is 32.0 Å². The van der Waals surface area contributed by atoms with Gasteiger partial charge in [-0.05, 0) is 25.0 Å². The molecule has 90 valence electrons. The van der Waals surface area contributed by atoms with Crippen molar-refractivity contribution < 1.29 is 0 Å². The van der Waals surface area contributed by atoms with E-state index in [1.165, 1.54) is 4.68 Å². The maximum Gasteiger partial charge on any atom is 0.348 e. The maximum atomic E-state index is 11.8. The first-order valence-corrected chi connectivity index (χ1v) is 6.01. The third-order valence-corrected chi connectivity index (χ3v) is 3.01. The van der Waals surface area contributed by atoms with Crippen molar-refractivity contribution in [3.63, 3.8) is 0 Å². The predicted molar refractivity (Wildman–Crippen MR) is 67.5 cm³/mol. The highest BCUT2D eigenvalue weighted by atomic mass is 16.1. The Morgan fingerprint density at radius 2 is 1.88 bits per heavy atom. The van der Waals surface area contributed by atoms with Gasteiger partial charge in [-0.25, -0.2) is 4.79 Å². The van der Waals surface area contributed by atoms with Crippen molar-refractivity contribution >= 4 is 0 Å². The van der Waals surface area contributed by atoms with E-state index in [2.05, 4.69) is 23.9 Å². The number of nitrogens with one attached hydrogen (secondary N) is 1. The van der Waals surface area contributed by atoms with Crippen molar-refractivity contribution in [2.45, 2.75) is 32.6 Å². The number of hydrogen-bond acceptors (Lipinski definition) is 2. The van der Waals surface area contributed by atoms with Gasteiger partial charge < -0.3 is 0 Å². The minimum absolute atomic E-state index is 0.168. The molecule has 0 unspecified atom stereocenters. The van der Waals surface area contributed by atoms with E-state index in [9.17, 15) is 4.79 Å². The Morgan fingerprint density at radius 3 is 2.47 bits per heavy atom. The summed E-state index contributed by atoms with van der Waals surface area (Å²) in [7, 11) is 0. The van der Waals surface area contributed by atoms with E-state index >= 15 is 0 Å². The second kappa shape index (κ2) is 4.99. The lowest BCUT2D eigenvalue weighted by Gasteiger charge is -2.06. The van der Waals surface area contributed by atoms with Crippen LogP contribution in [0.1, 0.15) is 38.4 Å². The highest BCUT2D eigenvalue weighted by molar-refractivity contribution is 5.29. The molecule has 0 bridgehead atoms. The molecule has 1 heterocycles. The fourth-order valence-electron chi connectivity index (χ4n) is 1.94. The summed E-state index contributed by atoms with van der Waals surface area (Å²) in [6.45, 7) is 4.21. The summed E-state index contributed by atoms with van der Waals surface area (Å²) >= 11 is 0. The third kappa shape index (κ3) is 2.30. The molecule has 4 nitrogen and oxygen atoms in total. The maximum absolute atomic E-state index is 11.8. The van der Waals surface area contributed by atoms with Crippen LogP contribution in [0, 0.1) is 0 Å². The van der Waals surface area contributed by atoms with Gasteiger partial charge in [0.25, 0.3) is 0 Å². The summed E-state index contributed by atoms with van der Waals surface area (Å²) in [5.74, 6) is 1.11. The standard InChI is InChI=1S/C13H17N3O/c1-3-10(4-2)12-14-13(17)16(15-12)11-8-6-5-7-9-11/h5-10H,3-4H2,1-2H3,(H,14,15,17). The molecule has 0 fully saturated rings. The summed E-state index contributed by atoms with van der Waals surface area (Å²) < 4.78 is 1.42. The Balaban J connectivity index is 2.41. The zero-order valence-electron chi connectivity index (χ0n) is 10.2. The van der Waals surface area contributed by atoms with Gasteiger partial charge in [0.05, 0.1) is 5.69 Å². The van der Waals surface area contributed by atoms with Gasteiger partial charge in [0.1, 0.15) is 5.82 Å². The molecule has 17 heavy (non-hydrogen) atoms. The van der Waals surface area contributed by atoms with Crippen molar-refractivity contribution in [3.05, 3.63) is 46.6 Å². The van der Waals surface area contributed by atoms with E-state index in [4.69, 9.17) is 0 Å². The van der Waals surface area contributed by atoms with Crippen LogP contribution in [0.25, 0.3) is 5.69 Å². The number of aromatic nitrogens is 3. The van der Waals surface area contributed by atoms with Crippen LogP contribution in [0.5, 0.6) is 0 Å². The number of aromatic amines is 1. The van der Waals surface area contributed by atoms with Gasteiger partial charge in [-0.2, -0.15) is 4.68 Å². The minimum atomic E-state index is -0.168. The SMILES string of the molecule is CCC(CC)c1nn(-c2ccccc2)c(=O)[nH]1. The van der Waals surface area contributed by atoms with E-state index in [1.807, 2.05) is 30.3 Å². The van der Waals surface area contributed by atoms with E-state index in [-0.39, 0.29) is 5.69 Å². The molecule has 0 radical (unpaired) electrons. The lowest BCUT2D eigenvalue weighted by Crippen LogP contribution is -2.15. The molecule has 0 saturated carbocycles. The van der Waals surface area contributed by atoms with Gasteiger partial charge in [-0.15, -0.1) is 5.10 Å². The van der Waals surface area contributed by atoms with Gasteiger partial charge in [-0.3, -0.25) is 4.98 Å². The molecule has 0 aliphatic heterocycles. The van der Waals surface area contributed by atoms with Crippen LogP contribution < -0.4 is 5.69 Å². The van der Waals surface area contributed by atoms with Gasteiger partial charge >= 0.3 is 5.69 Å². The number of rotatable bonds is 4. The lowest BCUT2D eigenvalue weighted by atomic mass is 10.0.